The van der Waals surface area contributed by atoms with E-state index in [4.69, 9.17) is 20.0 Å². The molecular weight excluding hydrogens is 990 g/mol. The van der Waals surface area contributed by atoms with Crippen molar-refractivity contribution in [3.8, 4) is 5.75 Å². The summed E-state index contributed by atoms with van der Waals surface area (Å²) in [5.41, 5.74) is 6.76. The summed E-state index contributed by atoms with van der Waals surface area (Å²) in [6.07, 6.45) is 9.41. The van der Waals surface area contributed by atoms with E-state index < -0.39 is 57.9 Å². The quantitative estimate of drug-likeness (QED) is 0.0604. The number of imide groups is 1. The van der Waals surface area contributed by atoms with E-state index in [1.165, 1.54) is 13.2 Å². The zero-order chi connectivity index (χ0) is 52.1. The number of methoxy groups -OCH3 is 1. The Morgan fingerprint density at radius 3 is 2.33 bits per heavy atom. The Bertz CT molecular complexity index is 2610. The van der Waals surface area contributed by atoms with Crippen LogP contribution in [0.4, 0.5) is 33.2 Å². The molecule has 8 rings (SSSR count). The highest BCUT2D eigenvalue weighted by molar-refractivity contribution is 7.61. The predicted molar refractivity (Wildman–Crippen MR) is 269 cm³/mol. The number of ether oxygens (including phenoxy) is 1. The molecule has 3 aromatic rings. The zero-order valence-corrected chi connectivity index (χ0v) is 43.3. The molecule has 1 aliphatic carbocycles. The van der Waals surface area contributed by atoms with Crippen LogP contribution >= 0.6 is 15.6 Å². The van der Waals surface area contributed by atoms with E-state index >= 15 is 4.39 Å². The van der Waals surface area contributed by atoms with Gasteiger partial charge in [-0.15, -0.1) is 0 Å². The number of hydrogen-bond acceptors (Lipinski definition) is 17. The fourth-order valence-corrected chi connectivity index (χ4v) is 12.9. The van der Waals surface area contributed by atoms with Crippen molar-refractivity contribution in [3.05, 3.63) is 59.5 Å². The predicted octanol–water partition coefficient (Wildman–Crippen LogP) is 5.47. The number of carbonyl (C=O) groups excluding carboxylic acids is 4. The van der Waals surface area contributed by atoms with Crippen LogP contribution in [0.1, 0.15) is 106 Å². The molecule has 4 amide bonds. The Kier molecular flexibility index (Phi) is 17.2. The molecule has 5 aliphatic rings. The molecule has 2 aromatic carbocycles. The van der Waals surface area contributed by atoms with Crippen molar-refractivity contribution in [1.82, 2.24) is 25.5 Å². The van der Waals surface area contributed by atoms with Gasteiger partial charge in [-0.2, -0.15) is 9.29 Å². The second-order valence-corrected chi connectivity index (χ2v) is 22.6. The SMILES string of the molecule is CC[C@@H]1C(=O)N(C)c2cnc(Nc3ccc(C(=O)NC4(CCOP(=O)(O)OP(=O)(O)OCCN)CCN(CC5CCN(c6ccc(C7CCC(=O)NC7=O)cc6F)CC5)CC4)cc3OC)nc2N1C1CCCC1. The summed E-state index contributed by atoms with van der Waals surface area (Å²) in [6, 6.07) is 9.60. The average molecular weight is 1060 g/mol. The maximum Gasteiger partial charge on any atom is 0.481 e. The second-order valence-electron chi connectivity index (χ2n) is 19.5. The summed E-state index contributed by atoms with van der Waals surface area (Å²) in [5, 5.41) is 8.76. The van der Waals surface area contributed by atoms with Gasteiger partial charge in [0.1, 0.15) is 23.3 Å². The molecule has 4 fully saturated rings. The first-order valence-electron chi connectivity index (χ1n) is 25.1. The number of hydrogen-bond donors (Lipinski definition) is 6. The van der Waals surface area contributed by atoms with Crippen LogP contribution in [0.3, 0.4) is 0 Å². The van der Waals surface area contributed by atoms with Crippen LogP contribution in [0.15, 0.2) is 42.6 Å². The van der Waals surface area contributed by atoms with E-state index in [2.05, 4.69) is 39.6 Å². The van der Waals surface area contributed by atoms with Gasteiger partial charge in [0.2, 0.25) is 23.7 Å². The highest BCUT2D eigenvalue weighted by Gasteiger charge is 2.43. The zero-order valence-electron chi connectivity index (χ0n) is 41.5. The van der Waals surface area contributed by atoms with Gasteiger partial charge in [0.15, 0.2) is 5.82 Å². The van der Waals surface area contributed by atoms with Crippen molar-refractivity contribution in [3.63, 3.8) is 0 Å². The smallest absolute Gasteiger partial charge is 0.481 e. The molecule has 4 atom stereocenters. The first-order valence-corrected chi connectivity index (χ1v) is 28.1. The van der Waals surface area contributed by atoms with Gasteiger partial charge < -0.3 is 50.5 Å². The number of rotatable bonds is 20. The van der Waals surface area contributed by atoms with Gasteiger partial charge in [-0.05, 0) is 99.6 Å². The van der Waals surface area contributed by atoms with E-state index in [1.54, 1.807) is 48.5 Å². The molecule has 7 N–H and O–H groups in total. The van der Waals surface area contributed by atoms with Crippen molar-refractivity contribution < 1.29 is 60.6 Å². The Labute approximate surface area is 424 Å². The van der Waals surface area contributed by atoms with Gasteiger partial charge in [0.05, 0.1) is 43.8 Å². The molecular formula is C48H67FN10O12P2. The molecule has 73 heavy (non-hydrogen) atoms. The Balaban J connectivity index is 0.923. The van der Waals surface area contributed by atoms with Crippen molar-refractivity contribution in [2.45, 2.75) is 108 Å². The largest absolute Gasteiger partial charge is 0.495 e. The standard InChI is InChI=1S/C48H67FN10O12P2/c1-4-38-46(63)56(2)40-29-51-47(54-43(40)59(38)34-7-5-6-8-34)52-37-12-9-33(28-41(37)68-3)44(61)55-48(19-25-69-72(64,65)71-73(66,67)70-26-20-50)17-23-57(24-18-48)30-31-15-21-58(22-16-31)39-13-10-32(27-36(39)49)35-11-14-42(60)53-45(35)62/h9-10,12-13,27-29,31,34-35,38H,4-8,11,14-26,30,50H2,1-3H3,(H,55,61)(H,64,65)(H,66,67)(H,51,52,54)(H,53,60,62)/t35?,38-/m1/s1. The summed E-state index contributed by atoms with van der Waals surface area (Å²) in [7, 11) is -6.87. The maximum atomic E-state index is 15.5. The van der Waals surface area contributed by atoms with Crippen LogP contribution in [0, 0.1) is 11.7 Å². The topological polar surface area (TPSA) is 281 Å². The van der Waals surface area contributed by atoms with Crippen LogP contribution in [-0.4, -0.2) is 133 Å². The molecule has 0 radical (unpaired) electrons. The van der Waals surface area contributed by atoms with Gasteiger partial charge in [0.25, 0.3) is 5.91 Å². The summed E-state index contributed by atoms with van der Waals surface area (Å²) < 4.78 is 60.6. The first kappa shape index (κ1) is 54.2. The summed E-state index contributed by atoms with van der Waals surface area (Å²) in [4.78, 5) is 89.6. The number of fused-ring (bicyclic) bond motifs is 1. The van der Waals surface area contributed by atoms with E-state index in [0.29, 0.717) is 92.0 Å². The van der Waals surface area contributed by atoms with Crippen LogP contribution < -0.4 is 41.1 Å². The van der Waals surface area contributed by atoms with Gasteiger partial charge in [-0.3, -0.25) is 33.5 Å². The lowest BCUT2D eigenvalue weighted by molar-refractivity contribution is -0.134. The van der Waals surface area contributed by atoms with Crippen molar-refractivity contribution in [2.24, 2.45) is 11.7 Å². The highest BCUT2D eigenvalue weighted by atomic mass is 31.3. The number of phosphoric acid groups is 2. The number of nitrogens with zero attached hydrogens (tertiary/aromatic N) is 6. The lowest BCUT2D eigenvalue weighted by atomic mass is 9.83. The van der Waals surface area contributed by atoms with Crippen LogP contribution in [0.25, 0.3) is 0 Å². The molecule has 4 aliphatic heterocycles. The molecule has 22 nitrogen and oxygen atoms in total. The number of anilines is 5. The monoisotopic (exact) mass is 1060 g/mol. The lowest BCUT2D eigenvalue weighted by Gasteiger charge is -2.44. The molecule has 398 valence electrons. The number of likely N-dealkylation sites (tertiary alicyclic amines) is 1. The third-order valence-corrected chi connectivity index (χ3v) is 17.5. The fourth-order valence-electron chi connectivity index (χ4n) is 10.8. The first-order chi connectivity index (χ1) is 34.9. The number of nitrogens with one attached hydrogen (secondary N) is 3. The Hall–Kier alpha value is -5.09. The van der Waals surface area contributed by atoms with Gasteiger partial charge in [0, 0.05) is 69.9 Å². The van der Waals surface area contributed by atoms with E-state index in [-0.39, 0.29) is 54.8 Å². The minimum Gasteiger partial charge on any atom is -0.495 e. The van der Waals surface area contributed by atoms with Crippen molar-refractivity contribution in [2.75, 3.05) is 86.7 Å². The highest BCUT2D eigenvalue weighted by Crippen LogP contribution is 2.60. The number of nitrogens with two attached hydrogens (primary N) is 1. The number of halogens is 1. The number of phosphoric ester groups is 2. The minimum absolute atomic E-state index is 0.00834. The molecule has 5 heterocycles. The van der Waals surface area contributed by atoms with Crippen LogP contribution in [0.2, 0.25) is 0 Å². The van der Waals surface area contributed by atoms with E-state index in [1.807, 2.05) is 11.8 Å². The van der Waals surface area contributed by atoms with E-state index in [9.17, 15) is 38.1 Å². The summed E-state index contributed by atoms with van der Waals surface area (Å²) >= 11 is 0. The molecule has 25 heteroatoms. The molecule has 0 spiro atoms. The molecule has 0 bridgehead atoms. The molecule has 3 saturated heterocycles. The average Bonchev–Trinajstić information content (AvgIpc) is 3.90. The van der Waals surface area contributed by atoms with Crippen LogP contribution in [-0.2, 0) is 36.9 Å². The molecule has 1 saturated carbocycles. The fraction of sp³-hybridized carbons (Fsp3) is 0.583. The second kappa shape index (κ2) is 23.2. The number of benzene rings is 2. The number of amides is 4. The maximum absolute atomic E-state index is 15.5. The lowest BCUT2D eigenvalue weighted by Crippen LogP contribution is -2.56. The number of carbonyl (C=O) groups is 4. The minimum atomic E-state index is -5.11. The molecule has 1 aromatic heterocycles. The van der Waals surface area contributed by atoms with Gasteiger partial charge in [-0.1, -0.05) is 25.8 Å². The van der Waals surface area contributed by atoms with Gasteiger partial charge in [-0.25, -0.2) is 18.5 Å². The molecule has 3 unspecified atom stereocenters. The number of piperidine rings is 3. The Morgan fingerprint density at radius 2 is 1.67 bits per heavy atom. The number of aromatic nitrogens is 2. The summed E-state index contributed by atoms with van der Waals surface area (Å²) in [6.45, 7) is 4.15. The van der Waals surface area contributed by atoms with Gasteiger partial charge >= 0.3 is 15.6 Å². The van der Waals surface area contributed by atoms with Crippen molar-refractivity contribution in [1.29, 1.82) is 0 Å². The third kappa shape index (κ3) is 12.9. The third-order valence-electron chi connectivity index (χ3n) is 14.8. The normalized spacial score (nSPS) is 22.6. The Morgan fingerprint density at radius 1 is 0.959 bits per heavy atom. The van der Waals surface area contributed by atoms with E-state index in [0.717, 1.165) is 45.1 Å². The number of likely N-dealkylation sites (N-methyl/N-ethyl adjacent to an activating group) is 1. The van der Waals surface area contributed by atoms with Crippen molar-refractivity contribution >= 4 is 68.1 Å². The van der Waals surface area contributed by atoms with Crippen LogP contribution in [0.5, 0.6) is 5.75 Å². The summed E-state index contributed by atoms with van der Waals surface area (Å²) in [5.74, 6) is -0.568.